The van der Waals surface area contributed by atoms with Gasteiger partial charge in [0, 0.05) is 35.3 Å². The van der Waals surface area contributed by atoms with Crippen LogP contribution in [-0.4, -0.2) is 32.3 Å². The largest absolute Gasteiger partial charge is 0.462 e. The normalized spacial score (nSPS) is 12.1. The maximum atomic E-state index is 12.1. The Labute approximate surface area is 203 Å². The first-order chi connectivity index (χ1) is 17.0. The summed E-state index contributed by atoms with van der Waals surface area (Å²) in [5, 5.41) is 4.11. The fourth-order valence-electron chi connectivity index (χ4n) is 4.46. The molecule has 4 aromatic heterocycles. The molecule has 0 N–H and O–H groups in total. The van der Waals surface area contributed by atoms with Crippen molar-refractivity contribution in [2.75, 3.05) is 6.61 Å². The van der Waals surface area contributed by atoms with E-state index >= 15 is 0 Å². The minimum Gasteiger partial charge on any atom is -0.462 e. The molecule has 5 aromatic rings. The van der Waals surface area contributed by atoms with Crippen molar-refractivity contribution in [3.8, 4) is 22.3 Å². The van der Waals surface area contributed by atoms with E-state index in [0.717, 1.165) is 50.4 Å². The molecule has 0 spiro atoms. The van der Waals surface area contributed by atoms with Crippen LogP contribution in [0.1, 0.15) is 47.4 Å². The van der Waals surface area contributed by atoms with Gasteiger partial charge in [0.25, 0.3) is 0 Å². The van der Waals surface area contributed by atoms with Crippen LogP contribution in [0.2, 0.25) is 0 Å². The van der Waals surface area contributed by atoms with Crippen molar-refractivity contribution in [1.29, 1.82) is 0 Å². The lowest BCUT2D eigenvalue weighted by Crippen LogP contribution is -2.07. The Balaban J connectivity index is 1.67. The van der Waals surface area contributed by atoms with Crippen LogP contribution in [0.25, 0.3) is 33.3 Å². The zero-order valence-corrected chi connectivity index (χ0v) is 20.1. The topological polar surface area (TPSA) is 83.0 Å². The lowest BCUT2D eigenvalue weighted by Gasteiger charge is -2.15. The summed E-state index contributed by atoms with van der Waals surface area (Å²) < 4.78 is 12.7. The quantitative estimate of drug-likeness (QED) is 0.279. The van der Waals surface area contributed by atoms with Crippen molar-refractivity contribution >= 4 is 17.0 Å². The van der Waals surface area contributed by atoms with Crippen molar-refractivity contribution < 1.29 is 14.1 Å². The van der Waals surface area contributed by atoms with Gasteiger partial charge in [-0.05, 0) is 63.6 Å². The van der Waals surface area contributed by atoms with Crippen LogP contribution in [-0.2, 0) is 4.74 Å². The number of rotatable bonds is 6. The van der Waals surface area contributed by atoms with E-state index in [1.54, 1.807) is 25.3 Å². The molecule has 0 saturated heterocycles. The van der Waals surface area contributed by atoms with Crippen molar-refractivity contribution in [1.82, 2.24) is 19.7 Å². The SMILES string of the molecule is CCOC(=O)c1ccc(-c2cn(C(C)c3ccccn3)c3cc(-c4c(C)noc4C)cnc23)cc1. The summed E-state index contributed by atoms with van der Waals surface area (Å²) in [6, 6.07) is 15.5. The summed E-state index contributed by atoms with van der Waals surface area (Å²) in [5.41, 5.74) is 8.00. The van der Waals surface area contributed by atoms with Gasteiger partial charge in [-0.15, -0.1) is 0 Å². The average molecular weight is 467 g/mol. The second-order valence-corrected chi connectivity index (χ2v) is 8.47. The lowest BCUT2D eigenvalue weighted by atomic mass is 10.0. The highest BCUT2D eigenvalue weighted by Crippen LogP contribution is 2.36. The van der Waals surface area contributed by atoms with E-state index < -0.39 is 0 Å². The number of ether oxygens (including phenoxy) is 1. The van der Waals surface area contributed by atoms with E-state index in [4.69, 9.17) is 14.2 Å². The van der Waals surface area contributed by atoms with E-state index in [9.17, 15) is 4.79 Å². The van der Waals surface area contributed by atoms with E-state index in [0.29, 0.717) is 12.2 Å². The van der Waals surface area contributed by atoms with Gasteiger partial charge in [-0.25, -0.2) is 4.79 Å². The number of pyridine rings is 2. The highest BCUT2D eigenvalue weighted by molar-refractivity contribution is 5.96. The van der Waals surface area contributed by atoms with Crippen molar-refractivity contribution in [3.05, 3.63) is 89.8 Å². The molecule has 0 fully saturated rings. The number of benzene rings is 1. The van der Waals surface area contributed by atoms with Crippen LogP contribution < -0.4 is 0 Å². The molecule has 0 bridgehead atoms. The Kier molecular flexibility index (Phi) is 5.91. The molecule has 0 amide bonds. The number of aromatic nitrogens is 4. The van der Waals surface area contributed by atoms with Crippen LogP contribution in [0, 0.1) is 13.8 Å². The third kappa shape index (κ3) is 4.10. The van der Waals surface area contributed by atoms with E-state index in [-0.39, 0.29) is 12.0 Å². The molecule has 5 rings (SSSR count). The molecule has 1 aromatic carbocycles. The molecule has 0 radical (unpaired) electrons. The van der Waals surface area contributed by atoms with Gasteiger partial charge in [0.05, 0.1) is 40.6 Å². The fourth-order valence-corrected chi connectivity index (χ4v) is 4.46. The second-order valence-electron chi connectivity index (χ2n) is 8.47. The van der Waals surface area contributed by atoms with Crippen LogP contribution in [0.15, 0.2) is 71.6 Å². The number of fused-ring (bicyclic) bond motifs is 1. The number of esters is 1. The van der Waals surface area contributed by atoms with Gasteiger partial charge in [0.1, 0.15) is 5.76 Å². The molecule has 0 aliphatic rings. The Morgan fingerprint density at radius 2 is 1.89 bits per heavy atom. The van der Waals surface area contributed by atoms with Gasteiger partial charge in [0.2, 0.25) is 0 Å². The van der Waals surface area contributed by atoms with Gasteiger partial charge in [-0.3, -0.25) is 9.97 Å². The van der Waals surface area contributed by atoms with Crippen LogP contribution in [0.3, 0.4) is 0 Å². The maximum absolute atomic E-state index is 12.1. The summed E-state index contributed by atoms with van der Waals surface area (Å²) in [7, 11) is 0. The zero-order valence-electron chi connectivity index (χ0n) is 20.1. The first-order valence-electron chi connectivity index (χ1n) is 11.6. The molecule has 7 nitrogen and oxygen atoms in total. The monoisotopic (exact) mass is 466 g/mol. The number of carbonyl (C=O) groups excluding carboxylic acids is 1. The minimum atomic E-state index is -0.326. The number of hydrogen-bond donors (Lipinski definition) is 0. The molecule has 4 heterocycles. The van der Waals surface area contributed by atoms with E-state index in [2.05, 4.69) is 33.9 Å². The van der Waals surface area contributed by atoms with E-state index in [1.807, 2.05) is 50.4 Å². The molecule has 7 heteroatoms. The van der Waals surface area contributed by atoms with Crippen molar-refractivity contribution in [3.63, 3.8) is 0 Å². The average Bonchev–Trinajstić information content (AvgIpc) is 3.43. The third-order valence-electron chi connectivity index (χ3n) is 6.23. The van der Waals surface area contributed by atoms with Gasteiger partial charge in [-0.1, -0.05) is 23.4 Å². The third-order valence-corrected chi connectivity index (χ3v) is 6.23. The first-order valence-corrected chi connectivity index (χ1v) is 11.6. The maximum Gasteiger partial charge on any atom is 0.338 e. The number of nitrogens with zero attached hydrogens (tertiary/aromatic N) is 4. The molecule has 1 unspecified atom stereocenters. The molecule has 35 heavy (non-hydrogen) atoms. The van der Waals surface area contributed by atoms with Gasteiger partial charge >= 0.3 is 5.97 Å². The molecule has 0 aliphatic carbocycles. The Bertz CT molecular complexity index is 1480. The first kappa shape index (κ1) is 22.5. The number of aryl methyl sites for hydroxylation is 2. The fraction of sp³-hybridized carbons (Fsp3) is 0.214. The minimum absolute atomic E-state index is 0.0204. The molecule has 1 atom stereocenters. The number of hydrogen-bond acceptors (Lipinski definition) is 6. The Morgan fingerprint density at radius 1 is 1.09 bits per heavy atom. The molecular weight excluding hydrogens is 440 g/mol. The summed E-state index contributed by atoms with van der Waals surface area (Å²) in [6.45, 7) is 8.11. The van der Waals surface area contributed by atoms with Crippen LogP contribution in [0.4, 0.5) is 0 Å². The molecular formula is C28H26N4O3. The summed E-state index contributed by atoms with van der Waals surface area (Å²) >= 11 is 0. The zero-order chi connectivity index (χ0) is 24.5. The van der Waals surface area contributed by atoms with Gasteiger partial charge in [-0.2, -0.15) is 0 Å². The molecule has 176 valence electrons. The predicted molar refractivity (Wildman–Crippen MR) is 134 cm³/mol. The van der Waals surface area contributed by atoms with Gasteiger partial charge in [0.15, 0.2) is 0 Å². The Hall–Kier alpha value is -4.26. The highest BCUT2D eigenvalue weighted by Gasteiger charge is 2.20. The standard InChI is InChI=1S/C28H26N4O3/c1-5-34-28(33)21-11-9-20(10-12-21)23-16-32(18(3)24-8-6-7-13-29-24)25-14-22(15-30-27(23)25)26-17(2)31-35-19(26)4/h6-16,18H,5H2,1-4H3. The van der Waals surface area contributed by atoms with Crippen LogP contribution >= 0.6 is 0 Å². The highest BCUT2D eigenvalue weighted by atomic mass is 16.5. The smallest absolute Gasteiger partial charge is 0.338 e. The molecule has 0 saturated carbocycles. The second kappa shape index (κ2) is 9.18. The lowest BCUT2D eigenvalue weighted by molar-refractivity contribution is 0.0526. The summed E-state index contributed by atoms with van der Waals surface area (Å²) in [5.74, 6) is 0.432. The summed E-state index contributed by atoms with van der Waals surface area (Å²) in [6.07, 6.45) is 5.77. The number of carbonyl (C=O) groups is 1. The predicted octanol–water partition coefficient (Wildman–Crippen LogP) is 6.16. The molecule has 0 aliphatic heterocycles. The summed E-state index contributed by atoms with van der Waals surface area (Å²) in [4.78, 5) is 21.6. The van der Waals surface area contributed by atoms with Crippen LogP contribution in [0.5, 0.6) is 0 Å². The Morgan fingerprint density at radius 3 is 2.54 bits per heavy atom. The van der Waals surface area contributed by atoms with Crippen molar-refractivity contribution in [2.45, 2.75) is 33.7 Å². The van der Waals surface area contributed by atoms with E-state index in [1.165, 1.54) is 0 Å². The van der Waals surface area contributed by atoms with Crippen molar-refractivity contribution in [2.24, 2.45) is 0 Å². The van der Waals surface area contributed by atoms with Gasteiger partial charge < -0.3 is 13.8 Å².